The van der Waals surface area contributed by atoms with Gasteiger partial charge in [0.25, 0.3) is 0 Å². The van der Waals surface area contributed by atoms with Gasteiger partial charge in [0, 0.05) is 6.07 Å². The summed E-state index contributed by atoms with van der Waals surface area (Å²) >= 11 is 0. The minimum Gasteiger partial charge on any atom is -0.489 e. The molecule has 0 atom stereocenters. The number of allylic oxidation sites excluding steroid dienone is 3. The first kappa shape index (κ1) is 23.9. The summed E-state index contributed by atoms with van der Waals surface area (Å²) in [6.45, 7) is 6.64. The van der Waals surface area contributed by atoms with Crippen molar-refractivity contribution < 1.29 is 23.4 Å². The van der Waals surface area contributed by atoms with Crippen LogP contribution in [0.15, 0.2) is 81.0 Å². The van der Waals surface area contributed by atoms with E-state index < -0.39 is 11.6 Å². The van der Waals surface area contributed by atoms with Crippen LogP contribution < -0.4 is 19.8 Å². The minimum absolute atomic E-state index is 0.0131. The average Bonchev–Trinajstić information content (AvgIpc) is 2.79. The van der Waals surface area contributed by atoms with Gasteiger partial charge in [0.1, 0.15) is 17.9 Å². The number of benzene rings is 2. The van der Waals surface area contributed by atoms with Crippen LogP contribution in [-0.4, -0.2) is 19.7 Å². The van der Waals surface area contributed by atoms with Crippen LogP contribution in [0, 0.1) is 0 Å². The summed E-state index contributed by atoms with van der Waals surface area (Å²) in [4.78, 5) is 25.0. The Morgan fingerprint density at radius 3 is 2.45 bits per heavy atom. The predicted octanol–water partition coefficient (Wildman–Crippen LogP) is 6.09. The van der Waals surface area contributed by atoms with Crippen LogP contribution in [0.1, 0.15) is 44.0 Å². The molecule has 0 aliphatic heterocycles. The molecule has 0 spiro atoms. The highest BCUT2D eigenvalue weighted by atomic mass is 16.6. The van der Waals surface area contributed by atoms with Crippen molar-refractivity contribution in [3.05, 3.63) is 87.8 Å². The summed E-state index contributed by atoms with van der Waals surface area (Å²) in [5.41, 5.74) is 2.39. The number of esters is 1. The lowest BCUT2D eigenvalue weighted by molar-refractivity contribution is 0.0731. The number of rotatable bonds is 9. The quantitative estimate of drug-likeness (QED) is 0.224. The molecule has 2 aromatic carbocycles. The van der Waals surface area contributed by atoms with Gasteiger partial charge in [-0.2, -0.15) is 0 Å². The first-order chi connectivity index (χ1) is 15.9. The van der Waals surface area contributed by atoms with Gasteiger partial charge in [-0.15, -0.1) is 0 Å². The Balaban J connectivity index is 1.81. The molecule has 0 aliphatic carbocycles. The van der Waals surface area contributed by atoms with Crippen molar-refractivity contribution >= 4 is 16.9 Å². The summed E-state index contributed by atoms with van der Waals surface area (Å²) in [5.74, 6) is -0.228. The molecule has 33 heavy (non-hydrogen) atoms. The van der Waals surface area contributed by atoms with E-state index in [1.807, 2.05) is 6.08 Å². The third-order valence-electron chi connectivity index (χ3n) is 4.97. The monoisotopic (exact) mass is 448 g/mol. The van der Waals surface area contributed by atoms with Crippen molar-refractivity contribution in [1.29, 1.82) is 0 Å². The number of carbonyl (C=O) groups excluding carboxylic acids is 1. The van der Waals surface area contributed by atoms with E-state index in [-0.39, 0.29) is 17.1 Å². The lowest BCUT2D eigenvalue weighted by Gasteiger charge is -2.12. The fourth-order valence-corrected chi connectivity index (χ4v) is 3.20. The van der Waals surface area contributed by atoms with Crippen molar-refractivity contribution in [2.75, 3.05) is 13.7 Å². The highest BCUT2D eigenvalue weighted by Gasteiger charge is 2.21. The fraction of sp³-hybridized carbons (Fsp3) is 0.259. The summed E-state index contributed by atoms with van der Waals surface area (Å²) in [6, 6.07) is 13.5. The van der Waals surface area contributed by atoms with Crippen LogP contribution in [0.5, 0.6) is 17.2 Å². The second-order valence-electron chi connectivity index (χ2n) is 7.85. The number of carbonyl (C=O) groups is 1. The Labute approximate surface area is 193 Å². The van der Waals surface area contributed by atoms with Crippen LogP contribution in [0.4, 0.5) is 0 Å². The first-order valence-corrected chi connectivity index (χ1v) is 10.7. The molecule has 0 saturated heterocycles. The van der Waals surface area contributed by atoms with Crippen molar-refractivity contribution in [2.24, 2.45) is 0 Å². The van der Waals surface area contributed by atoms with Crippen molar-refractivity contribution in [2.45, 2.75) is 33.6 Å². The summed E-state index contributed by atoms with van der Waals surface area (Å²) in [5, 5.41) is 0.427. The number of methoxy groups -OCH3 is 1. The highest BCUT2D eigenvalue weighted by Crippen LogP contribution is 2.35. The van der Waals surface area contributed by atoms with Gasteiger partial charge in [-0.1, -0.05) is 35.4 Å². The summed E-state index contributed by atoms with van der Waals surface area (Å²) < 4.78 is 21.9. The number of hydrogen-bond acceptors (Lipinski definition) is 6. The van der Waals surface area contributed by atoms with E-state index in [0.29, 0.717) is 23.3 Å². The average molecular weight is 449 g/mol. The largest absolute Gasteiger partial charge is 0.489 e. The molecule has 0 unspecified atom stereocenters. The van der Waals surface area contributed by atoms with Gasteiger partial charge in [0.2, 0.25) is 5.75 Å². The molecule has 1 heterocycles. The zero-order valence-corrected chi connectivity index (χ0v) is 19.3. The van der Waals surface area contributed by atoms with E-state index in [4.69, 9.17) is 18.6 Å². The maximum Gasteiger partial charge on any atom is 0.383 e. The number of hydrogen-bond donors (Lipinski definition) is 0. The molecule has 0 aliphatic rings. The molecule has 172 valence electrons. The van der Waals surface area contributed by atoms with Crippen LogP contribution in [0.25, 0.3) is 11.0 Å². The van der Waals surface area contributed by atoms with Crippen LogP contribution in [0.2, 0.25) is 0 Å². The van der Waals surface area contributed by atoms with Gasteiger partial charge in [0.05, 0.1) is 18.1 Å². The maximum atomic E-state index is 12.6. The van der Waals surface area contributed by atoms with Gasteiger partial charge in [0.15, 0.2) is 5.75 Å². The lowest BCUT2D eigenvalue weighted by atomic mass is 10.1. The molecule has 0 radical (unpaired) electrons. The zero-order valence-electron chi connectivity index (χ0n) is 19.3. The van der Waals surface area contributed by atoms with Gasteiger partial charge in [-0.25, -0.2) is 9.59 Å². The van der Waals surface area contributed by atoms with Crippen molar-refractivity contribution in [3.8, 4) is 17.2 Å². The molecule has 0 fully saturated rings. The minimum atomic E-state index is -0.743. The molecule has 6 heteroatoms. The third kappa shape index (κ3) is 6.35. The van der Waals surface area contributed by atoms with E-state index in [1.54, 1.807) is 48.5 Å². The molecule has 0 bridgehead atoms. The molecule has 1 aromatic heterocycles. The molecule has 3 rings (SSSR count). The van der Waals surface area contributed by atoms with Crippen LogP contribution in [0.3, 0.4) is 0 Å². The van der Waals surface area contributed by atoms with Gasteiger partial charge in [-0.3, -0.25) is 0 Å². The molecular formula is C27H28O6. The molecule has 3 aromatic rings. The highest BCUT2D eigenvalue weighted by molar-refractivity contribution is 5.95. The summed E-state index contributed by atoms with van der Waals surface area (Å²) in [7, 11) is 1.32. The van der Waals surface area contributed by atoms with Gasteiger partial charge < -0.3 is 18.6 Å². The topological polar surface area (TPSA) is 75.0 Å². The standard InChI is InChI=1S/C27H28O6/c1-18(2)9-8-10-19(3)15-16-31-21-13-14-22-23(17-21)32-27(29)25(30-4)24(22)33-26(28)20-11-6-5-7-12-20/h5-7,9,11-15,17H,8,10,16H2,1-4H3. The van der Waals surface area contributed by atoms with E-state index in [0.717, 1.165) is 12.8 Å². The second-order valence-corrected chi connectivity index (χ2v) is 7.85. The zero-order chi connectivity index (χ0) is 23.8. The molecular weight excluding hydrogens is 420 g/mol. The third-order valence-corrected chi connectivity index (χ3v) is 4.97. The molecule has 0 amide bonds. The van der Waals surface area contributed by atoms with Crippen LogP contribution in [-0.2, 0) is 0 Å². The Morgan fingerprint density at radius 2 is 1.76 bits per heavy atom. The summed E-state index contributed by atoms with van der Waals surface area (Å²) in [6.07, 6.45) is 6.20. The fourth-order valence-electron chi connectivity index (χ4n) is 3.20. The van der Waals surface area contributed by atoms with E-state index in [9.17, 15) is 9.59 Å². The Morgan fingerprint density at radius 1 is 1.00 bits per heavy atom. The van der Waals surface area contributed by atoms with Gasteiger partial charge in [-0.05, 0) is 64.0 Å². The first-order valence-electron chi connectivity index (χ1n) is 10.7. The normalized spacial score (nSPS) is 11.2. The van der Waals surface area contributed by atoms with E-state index in [2.05, 4.69) is 26.8 Å². The number of fused-ring (bicyclic) bond motifs is 1. The van der Waals surface area contributed by atoms with Gasteiger partial charge >= 0.3 is 11.6 Å². The predicted molar refractivity (Wildman–Crippen MR) is 128 cm³/mol. The Hall–Kier alpha value is -3.80. The van der Waals surface area contributed by atoms with E-state index in [1.165, 1.54) is 18.3 Å². The van der Waals surface area contributed by atoms with E-state index >= 15 is 0 Å². The maximum absolute atomic E-state index is 12.6. The second kappa shape index (κ2) is 11.2. The number of ether oxygens (including phenoxy) is 3. The SMILES string of the molecule is COc1c(OC(=O)c2ccccc2)c2ccc(OCC=C(C)CCC=C(C)C)cc2oc1=O. The molecule has 0 saturated carbocycles. The molecule has 6 nitrogen and oxygen atoms in total. The van der Waals surface area contributed by atoms with Crippen molar-refractivity contribution in [3.63, 3.8) is 0 Å². The molecule has 0 N–H and O–H groups in total. The van der Waals surface area contributed by atoms with Crippen molar-refractivity contribution in [1.82, 2.24) is 0 Å². The van der Waals surface area contributed by atoms with Crippen LogP contribution >= 0.6 is 0 Å². The lowest BCUT2D eigenvalue weighted by Crippen LogP contribution is -2.13. The Bertz CT molecular complexity index is 1230. The Kier molecular flexibility index (Phi) is 8.08. The smallest absolute Gasteiger partial charge is 0.383 e.